The molecular formula is C31H27ClN2O2S. The normalized spacial score (nSPS) is 15.9. The molecule has 0 aromatic heterocycles. The molecule has 1 amide bonds. The number of rotatable bonds is 7. The van der Waals surface area contributed by atoms with Gasteiger partial charge in [-0.1, -0.05) is 80.0 Å². The Labute approximate surface area is 226 Å². The lowest BCUT2D eigenvalue weighted by Crippen LogP contribution is -2.32. The molecule has 1 saturated heterocycles. The van der Waals surface area contributed by atoms with Crippen LogP contribution in [0.25, 0.3) is 16.8 Å². The average molecular weight is 527 g/mol. The van der Waals surface area contributed by atoms with Gasteiger partial charge in [-0.25, -0.2) is 4.99 Å². The molecule has 4 aromatic carbocycles. The zero-order valence-electron chi connectivity index (χ0n) is 20.7. The highest BCUT2D eigenvalue weighted by Crippen LogP contribution is 2.35. The Bertz CT molecular complexity index is 1470. The van der Waals surface area contributed by atoms with Crippen molar-refractivity contribution in [1.29, 1.82) is 0 Å². The van der Waals surface area contributed by atoms with E-state index in [0.717, 1.165) is 22.6 Å². The van der Waals surface area contributed by atoms with E-state index >= 15 is 0 Å². The number of halogens is 1. The Morgan fingerprint density at radius 1 is 0.946 bits per heavy atom. The van der Waals surface area contributed by atoms with Gasteiger partial charge in [0.2, 0.25) is 0 Å². The van der Waals surface area contributed by atoms with Crippen molar-refractivity contribution in [2.24, 2.45) is 10.9 Å². The fourth-order valence-electron chi connectivity index (χ4n) is 4.13. The van der Waals surface area contributed by atoms with Gasteiger partial charge in [-0.05, 0) is 82.1 Å². The monoisotopic (exact) mass is 526 g/mol. The van der Waals surface area contributed by atoms with E-state index in [4.69, 9.17) is 21.3 Å². The van der Waals surface area contributed by atoms with Gasteiger partial charge in [-0.2, -0.15) is 0 Å². The van der Waals surface area contributed by atoms with Crippen LogP contribution in [-0.2, 0) is 11.4 Å². The summed E-state index contributed by atoms with van der Waals surface area (Å²) in [4.78, 5) is 20.4. The Hall–Kier alpha value is -3.54. The van der Waals surface area contributed by atoms with E-state index in [1.54, 1.807) is 17.0 Å². The zero-order chi connectivity index (χ0) is 25.8. The highest BCUT2D eigenvalue weighted by Gasteiger charge is 2.33. The first-order valence-electron chi connectivity index (χ1n) is 12.2. The quantitative estimate of drug-likeness (QED) is 0.227. The first-order chi connectivity index (χ1) is 18.0. The number of fused-ring (bicyclic) bond motifs is 1. The Kier molecular flexibility index (Phi) is 7.63. The van der Waals surface area contributed by atoms with Crippen LogP contribution in [0.2, 0.25) is 5.02 Å². The first kappa shape index (κ1) is 25.1. The van der Waals surface area contributed by atoms with Crippen molar-refractivity contribution in [1.82, 2.24) is 4.90 Å². The number of thioether (sulfide) groups is 1. The molecule has 1 aliphatic heterocycles. The summed E-state index contributed by atoms with van der Waals surface area (Å²) in [6.45, 7) is 5.29. The second-order valence-electron chi connectivity index (χ2n) is 9.29. The number of hydrogen-bond acceptors (Lipinski definition) is 4. The van der Waals surface area contributed by atoms with E-state index in [0.29, 0.717) is 34.2 Å². The summed E-state index contributed by atoms with van der Waals surface area (Å²) in [5.41, 5.74) is 2.85. The number of nitrogens with zero attached hydrogens (tertiary/aromatic N) is 2. The molecule has 37 heavy (non-hydrogen) atoms. The maximum absolute atomic E-state index is 13.2. The highest BCUT2D eigenvalue weighted by atomic mass is 35.5. The zero-order valence-corrected chi connectivity index (χ0v) is 22.3. The van der Waals surface area contributed by atoms with E-state index < -0.39 is 0 Å². The van der Waals surface area contributed by atoms with Gasteiger partial charge in [0.1, 0.15) is 12.4 Å². The second kappa shape index (κ2) is 11.2. The summed E-state index contributed by atoms with van der Waals surface area (Å²) in [6.07, 6.45) is 1.92. The molecule has 0 bridgehead atoms. The molecule has 0 saturated carbocycles. The summed E-state index contributed by atoms with van der Waals surface area (Å²) in [5.74, 6) is 1.08. The van der Waals surface area contributed by atoms with Crippen molar-refractivity contribution in [3.8, 4) is 5.75 Å². The van der Waals surface area contributed by atoms with Crippen LogP contribution in [0, 0.1) is 5.92 Å². The number of ether oxygens (including phenoxy) is 1. The summed E-state index contributed by atoms with van der Waals surface area (Å²) in [7, 11) is 0. The van der Waals surface area contributed by atoms with Gasteiger partial charge in [0, 0.05) is 11.6 Å². The fraction of sp³-hybridized carbons (Fsp3) is 0.161. The van der Waals surface area contributed by atoms with Crippen LogP contribution in [0.4, 0.5) is 5.69 Å². The van der Waals surface area contributed by atoms with Gasteiger partial charge in [0.15, 0.2) is 5.17 Å². The molecule has 0 aliphatic carbocycles. The Morgan fingerprint density at radius 3 is 2.43 bits per heavy atom. The fourth-order valence-corrected chi connectivity index (χ4v) is 5.27. The van der Waals surface area contributed by atoms with Crippen LogP contribution < -0.4 is 4.74 Å². The molecule has 1 fully saturated rings. The maximum atomic E-state index is 13.2. The molecule has 5 rings (SSSR count). The van der Waals surface area contributed by atoms with E-state index in [1.807, 2.05) is 54.6 Å². The van der Waals surface area contributed by atoms with Gasteiger partial charge >= 0.3 is 0 Å². The lowest BCUT2D eigenvalue weighted by molar-refractivity contribution is -0.122. The molecule has 6 heteroatoms. The summed E-state index contributed by atoms with van der Waals surface area (Å²) in [5, 5.41) is 3.74. The second-order valence-corrected chi connectivity index (χ2v) is 10.7. The number of aliphatic imine (C=N–C) groups is 1. The first-order valence-corrected chi connectivity index (χ1v) is 13.4. The summed E-state index contributed by atoms with van der Waals surface area (Å²) in [6, 6.07) is 29.7. The average Bonchev–Trinajstić information content (AvgIpc) is 3.18. The van der Waals surface area contributed by atoms with E-state index in [-0.39, 0.29) is 5.91 Å². The van der Waals surface area contributed by atoms with Gasteiger partial charge in [-0.3, -0.25) is 9.69 Å². The predicted molar refractivity (Wildman–Crippen MR) is 155 cm³/mol. The molecule has 0 spiro atoms. The molecule has 1 aliphatic rings. The predicted octanol–water partition coefficient (Wildman–Crippen LogP) is 8.33. The van der Waals surface area contributed by atoms with Crippen molar-refractivity contribution >= 4 is 57.0 Å². The van der Waals surface area contributed by atoms with Gasteiger partial charge in [0.25, 0.3) is 5.91 Å². The molecule has 0 atom stereocenters. The summed E-state index contributed by atoms with van der Waals surface area (Å²) >= 11 is 7.41. The third kappa shape index (κ3) is 6.07. The smallest absolute Gasteiger partial charge is 0.266 e. The van der Waals surface area contributed by atoms with Crippen molar-refractivity contribution < 1.29 is 9.53 Å². The number of hydrogen-bond donors (Lipinski definition) is 0. The number of carbonyl (C=O) groups excluding carboxylic acids is 1. The van der Waals surface area contributed by atoms with E-state index in [2.05, 4.69) is 44.2 Å². The highest BCUT2D eigenvalue weighted by molar-refractivity contribution is 8.18. The molecule has 1 heterocycles. The molecule has 0 N–H and O–H groups in total. The van der Waals surface area contributed by atoms with Crippen LogP contribution in [0.1, 0.15) is 25.0 Å². The van der Waals surface area contributed by atoms with Gasteiger partial charge < -0.3 is 4.74 Å². The number of benzene rings is 4. The third-order valence-corrected chi connectivity index (χ3v) is 7.20. The van der Waals surface area contributed by atoms with Crippen LogP contribution in [-0.4, -0.2) is 22.5 Å². The van der Waals surface area contributed by atoms with Crippen molar-refractivity contribution in [2.45, 2.75) is 20.5 Å². The minimum atomic E-state index is -0.0253. The number of amidine groups is 1. The van der Waals surface area contributed by atoms with Crippen molar-refractivity contribution in [3.05, 3.63) is 112 Å². The van der Waals surface area contributed by atoms with Crippen LogP contribution in [0.5, 0.6) is 5.75 Å². The molecule has 0 unspecified atom stereocenters. The number of amides is 1. The van der Waals surface area contributed by atoms with Crippen molar-refractivity contribution in [3.63, 3.8) is 0 Å². The maximum Gasteiger partial charge on any atom is 0.266 e. The van der Waals surface area contributed by atoms with Crippen LogP contribution in [0.3, 0.4) is 0 Å². The molecule has 186 valence electrons. The Morgan fingerprint density at radius 2 is 1.68 bits per heavy atom. The van der Waals surface area contributed by atoms with E-state index in [9.17, 15) is 4.79 Å². The topological polar surface area (TPSA) is 41.9 Å². The Balaban J connectivity index is 1.32. The van der Waals surface area contributed by atoms with Crippen molar-refractivity contribution in [2.75, 3.05) is 6.54 Å². The lowest BCUT2D eigenvalue weighted by Gasteiger charge is -2.17. The minimum Gasteiger partial charge on any atom is -0.489 e. The summed E-state index contributed by atoms with van der Waals surface area (Å²) < 4.78 is 6.07. The number of carbonyl (C=O) groups is 1. The van der Waals surface area contributed by atoms with E-state index in [1.165, 1.54) is 22.5 Å². The van der Waals surface area contributed by atoms with Gasteiger partial charge in [-0.15, -0.1) is 0 Å². The standard InChI is InChI=1S/C31H27ClN2O2S/c1-21(2)19-34-30(35)29(37-31(34)33-26-14-12-25(32)13-15-26)18-22-10-16-27(17-11-22)36-20-24-8-5-7-23-6-3-4-9-28(23)24/h3-18,21H,19-20H2,1-2H3/b29-18-,33-31?. The molecule has 4 aromatic rings. The largest absolute Gasteiger partial charge is 0.489 e. The lowest BCUT2D eigenvalue weighted by atomic mass is 10.1. The van der Waals surface area contributed by atoms with Crippen LogP contribution >= 0.6 is 23.4 Å². The minimum absolute atomic E-state index is 0.0253. The molecule has 4 nitrogen and oxygen atoms in total. The van der Waals surface area contributed by atoms with Gasteiger partial charge in [0.05, 0.1) is 10.6 Å². The van der Waals surface area contributed by atoms with Crippen LogP contribution in [0.15, 0.2) is 101 Å². The molecular weight excluding hydrogens is 500 g/mol. The molecule has 0 radical (unpaired) electrons. The SMILES string of the molecule is CC(C)CN1C(=O)/C(=C/c2ccc(OCc3cccc4ccccc34)cc2)SC1=Nc1ccc(Cl)cc1. The third-order valence-electron chi connectivity index (χ3n) is 5.94.